The van der Waals surface area contributed by atoms with E-state index in [1.165, 1.54) is 17.8 Å². The fourth-order valence-corrected chi connectivity index (χ4v) is 2.46. The van der Waals surface area contributed by atoms with Crippen molar-refractivity contribution in [2.24, 2.45) is 0 Å². The van der Waals surface area contributed by atoms with Gasteiger partial charge < -0.3 is 10.3 Å². The van der Waals surface area contributed by atoms with Gasteiger partial charge >= 0.3 is 0 Å². The molecule has 0 unspecified atom stereocenters. The van der Waals surface area contributed by atoms with E-state index in [-0.39, 0.29) is 5.41 Å². The first-order valence-electron chi connectivity index (χ1n) is 5.30. The molecule has 0 fully saturated rings. The third-order valence-electron chi connectivity index (χ3n) is 3.15. The van der Waals surface area contributed by atoms with Crippen LogP contribution in [0.5, 0.6) is 0 Å². The van der Waals surface area contributed by atoms with Gasteiger partial charge in [-0.1, -0.05) is 13.8 Å². The summed E-state index contributed by atoms with van der Waals surface area (Å²) in [6.45, 7) is 8.87. The van der Waals surface area contributed by atoms with Crippen molar-refractivity contribution in [3.05, 3.63) is 11.4 Å². The average Bonchev–Trinajstić information content (AvgIpc) is 2.50. The van der Waals surface area contributed by atoms with E-state index >= 15 is 0 Å². The van der Waals surface area contributed by atoms with Gasteiger partial charge in [0.05, 0.1) is 5.69 Å². The maximum Gasteiger partial charge on any atom is 0.200 e. The number of imidazole rings is 1. The molecule has 1 aliphatic carbocycles. The number of nitrogen functional groups attached to an aromatic ring is 1. The van der Waals surface area contributed by atoms with Crippen molar-refractivity contribution < 1.29 is 0 Å². The van der Waals surface area contributed by atoms with Crippen LogP contribution in [0.2, 0.25) is 0 Å². The van der Waals surface area contributed by atoms with Crippen molar-refractivity contribution in [2.45, 2.75) is 52.0 Å². The van der Waals surface area contributed by atoms with Gasteiger partial charge in [0.2, 0.25) is 5.95 Å². The van der Waals surface area contributed by atoms with E-state index < -0.39 is 0 Å². The summed E-state index contributed by atoms with van der Waals surface area (Å²) < 4.78 is 2.18. The summed E-state index contributed by atoms with van der Waals surface area (Å²) in [6, 6.07) is 0.406. The molecule has 0 aromatic carbocycles. The fraction of sp³-hybridized carbons (Fsp3) is 0.727. The quantitative estimate of drug-likeness (QED) is 0.743. The van der Waals surface area contributed by atoms with Crippen LogP contribution in [0.4, 0.5) is 5.95 Å². The lowest BCUT2D eigenvalue weighted by molar-refractivity contribution is 0.458. The number of anilines is 1. The predicted octanol–water partition coefficient (Wildman–Crippen LogP) is 2.27. The molecule has 1 aromatic heterocycles. The Hall–Kier alpha value is -0.990. The van der Waals surface area contributed by atoms with Crippen molar-refractivity contribution in [3.8, 4) is 0 Å². The number of nitrogens with zero attached hydrogens (tertiary/aromatic N) is 2. The number of rotatable bonds is 1. The molecule has 2 N–H and O–H groups in total. The molecule has 1 heterocycles. The maximum atomic E-state index is 5.93. The van der Waals surface area contributed by atoms with Crippen LogP contribution in [-0.2, 0) is 11.8 Å². The summed E-state index contributed by atoms with van der Waals surface area (Å²) in [5.41, 5.74) is 8.73. The standard InChI is InChI=1S/C11H19N3/c1-7(2)14-9-8(13-10(14)12)5-6-11(9,3)4/h7H,5-6H2,1-4H3,(H2,12,13). The van der Waals surface area contributed by atoms with E-state index in [2.05, 4.69) is 37.2 Å². The first kappa shape index (κ1) is 9.56. The normalized spacial score (nSPS) is 18.9. The summed E-state index contributed by atoms with van der Waals surface area (Å²) >= 11 is 0. The Morgan fingerprint density at radius 1 is 1.43 bits per heavy atom. The first-order valence-corrected chi connectivity index (χ1v) is 5.30. The van der Waals surface area contributed by atoms with Crippen molar-refractivity contribution >= 4 is 5.95 Å². The second-order valence-corrected chi connectivity index (χ2v) is 5.11. The van der Waals surface area contributed by atoms with E-state index in [0.717, 1.165) is 6.42 Å². The van der Waals surface area contributed by atoms with Gasteiger partial charge in [-0.05, 0) is 26.7 Å². The van der Waals surface area contributed by atoms with E-state index in [1.54, 1.807) is 0 Å². The van der Waals surface area contributed by atoms with Gasteiger partial charge in [0, 0.05) is 17.2 Å². The summed E-state index contributed by atoms with van der Waals surface area (Å²) in [5.74, 6) is 0.678. The minimum Gasteiger partial charge on any atom is -0.369 e. The van der Waals surface area contributed by atoms with E-state index in [0.29, 0.717) is 12.0 Å². The molecule has 0 spiro atoms. The molecule has 0 saturated heterocycles. The summed E-state index contributed by atoms with van der Waals surface area (Å²) in [7, 11) is 0. The van der Waals surface area contributed by atoms with Gasteiger partial charge in [-0.15, -0.1) is 0 Å². The maximum absolute atomic E-state index is 5.93. The van der Waals surface area contributed by atoms with Gasteiger partial charge in [0.25, 0.3) is 0 Å². The van der Waals surface area contributed by atoms with Crippen molar-refractivity contribution in [3.63, 3.8) is 0 Å². The molecule has 1 aromatic rings. The number of hydrogen-bond acceptors (Lipinski definition) is 2. The summed E-state index contributed by atoms with van der Waals surface area (Å²) in [4.78, 5) is 4.45. The number of aryl methyl sites for hydroxylation is 1. The second-order valence-electron chi connectivity index (χ2n) is 5.11. The largest absolute Gasteiger partial charge is 0.369 e. The third-order valence-corrected chi connectivity index (χ3v) is 3.15. The van der Waals surface area contributed by atoms with E-state index in [1.807, 2.05) is 0 Å². The van der Waals surface area contributed by atoms with Crippen LogP contribution in [0.1, 0.15) is 51.5 Å². The fourth-order valence-electron chi connectivity index (χ4n) is 2.46. The number of aromatic nitrogens is 2. The van der Waals surface area contributed by atoms with Crippen LogP contribution in [0.25, 0.3) is 0 Å². The highest BCUT2D eigenvalue weighted by Crippen LogP contribution is 2.40. The second kappa shape index (κ2) is 2.75. The molecule has 14 heavy (non-hydrogen) atoms. The van der Waals surface area contributed by atoms with Crippen LogP contribution >= 0.6 is 0 Å². The van der Waals surface area contributed by atoms with Crippen LogP contribution in [-0.4, -0.2) is 9.55 Å². The molecule has 3 heteroatoms. The molecule has 2 rings (SSSR count). The molecule has 78 valence electrons. The van der Waals surface area contributed by atoms with Crippen LogP contribution < -0.4 is 5.73 Å². The molecular formula is C11H19N3. The van der Waals surface area contributed by atoms with Gasteiger partial charge in [0.1, 0.15) is 0 Å². The smallest absolute Gasteiger partial charge is 0.200 e. The third kappa shape index (κ3) is 1.15. The van der Waals surface area contributed by atoms with E-state index in [9.17, 15) is 0 Å². The minimum atomic E-state index is 0.240. The Labute approximate surface area is 85.3 Å². The number of nitrogens with two attached hydrogens (primary N) is 1. The Morgan fingerprint density at radius 3 is 2.64 bits per heavy atom. The van der Waals surface area contributed by atoms with Crippen LogP contribution in [0.15, 0.2) is 0 Å². The number of hydrogen-bond donors (Lipinski definition) is 1. The summed E-state index contributed by atoms with van der Waals surface area (Å²) in [6.07, 6.45) is 2.27. The predicted molar refractivity (Wildman–Crippen MR) is 58.4 cm³/mol. The topological polar surface area (TPSA) is 43.8 Å². The van der Waals surface area contributed by atoms with E-state index in [4.69, 9.17) is 5.73 Å². The molecule has 0 saturated carbocycles. The van der Waals surface area contributed by atoms with Gasteiger partial charge in [-0.3, -0.25) is 0 Å². The highest BCUT2D eigenvalue weighted by atomic mass is 15.2. The Kier molecular flexibility index (Phi) is 1.88. The molecule has 0 atom stereocenters. The molecule has 0 aliphatic heterocycles. The molecule has 3 nitrogen and oxygen atoms in total. The lowest BCUT2D eigenvalue weighted by atomic mass is 9.90. The van der Waals surface area contributed by atoms with Gasteiger partial charge in [-0.25, -0.2) is 4.98 Å². The Balaban J connectivity index is 2.62. The SMILES string of the molecule is CC(C)n1c(N)nc2c1C(C)(C)CC2. The zero-order valence-corrected chi connectivity index (χ0v) is 9.46. The highest BCUT2D eigenvalue weighted by molar-refractivity contribution is 5.38. The first-order chi connectivity index (χ1) is 6.43. The minimum absolute atomic E-state index is 0.240. The molecule has 0 amide bonds. The zero-order valence-electron chi connectivity index (χ0n) is 9.46. The molecule has 0 bridgehead atoms. The Bertz CT molecular complexity index is 361. The summed E-state index contributed by atoms with van der Waals surface area (Å²) in [5, 5.41) is 0. The lowest BCUT2D eigenvalue weighted by Crippen LogP contribution is -2.20. The Morgan fingerprint density at radius 2 is 2.07 bits per heavy atom. The lowest BCUT2D eigenvalue weighted by Gasteiger charge is -2.23. The monoisotopic (exact) mass is 193 g/mol. The molecular weight excluding hydrogens is 174 g/mol. The average molecular weight is 193 g/mol. The molecule has 0 radical (unpaired) electrons. The molecule has 1 aliphatic rings. The van der Waals surface area contributed by atoms with Gasteiger partial charge in [0.15, 0.2) is 0 Å². The van der Waals surface area contributed by atoms with Crippen molar-refractivity contribution in [1.29, 1.82) is 0 Å². The van der Waals surface area contributed by atoms with Crippen LogP contribution in [0, 0.1) is 0 Å². The van der Waals surface area contributed by atoms with Gasteiger partial charge in [-0.2, -0.15) is 0 Å². The zero-order chi connectivity index (χ0) is 10.5. The number of fused-ring (bicyclic) bond motifs is 1. The van der Waals surface area contributed by atoms with Crippen molar-refractivity contribution in [2.75, 3.05) is 5.73 Å². The highest BCUT2D eigenvalue weighted by Gasteiger charge is 2.36. The van der Waals surface area contributed by atoms with Crippen molar-refractivity contribution in [1.82, 2.24) is 9.55 Å². The van der Waals surface area contributed by atoms with Crippen LogP contribution in [0.3, 0.4) is 0 Å².